The minimum atomic E-state index is 0.156. The lowest BCUT2D eigenvalue weighted by molar-refractivity contribution is 0.334. The lowest BCUT2D eigenvalue weighted by Gasteiger charge is -2.20. The summed E-state index contributed by atoms with van der Waals surface area (Å²) in [4.78, 5) is 0. The van der Waals surface area contributed by atoms with Crippen molar-refractivity contribution in [3.8, 4) is 5.75 Å². The van der Waals surface area contributed by atoms with Crippen molar-refractivity contribution in [3.05, 3.63) is 65.2 Å². The molecule has 0 saturated carbocycles. The van der Waals surface area contributed by atoms with E-state index in [2.05, 4.69) is 48.6 Å². The minimum absolute atomic E-state index is 0.156. The van der Waals surface area contributed by atoms with Gasteiger partial charge < -0.3 is 10.1 Å². The van der Waals surface area contributed by atoms with Gasteiger partial charge in [-0.05, 0) is 37.6 Å². The van der Waals surface area contributed by atoms with Gasteiger partial charge in [-0.15, -0.1) is 0 Å². The van der Waals surface area contributed by atoms with Crippen LogP contribution in [0.5, 0.6) is 5.75 Å². The van der Waals surface area contributed by atoms with Crippen LogP contribution in [0.4, 0.5) is 0 Å². The first-order chi connectivity index (χ1) is 10.3. The Morgan fingerprint density at radius 2 is 1.71 bits per heavy atom. The predicted octanol–water partition coefficient (Wildman–Crippen LogP) is 4.35. The predicted molar refractivity (Wildman–Crippen MR) is 89.0 cm³/mol. The van der Waals surface area contributed by atoms with Crippen molar-refractivity contribution < 1.29 is 4.74 Å². The molecule has 0 aliphatic rings. The second-order valence-electron chi connectivity index (χ2n) is 5.18. The van der Waals surface area contributed by atoms with Crippen LogP contribution in [0.15, 0.2) is 48.5 Å². The van der Waals surface area contributed by atoms with Crippen molar-refractivity contribution in [3.63, 3.8) is 0 Å². The van der Waals surface area contributed by atoms with Crippen LogP contribution in [0.2, 0.25) is 0 Å². The van der Waals surface area contributed by atoms with E-state index >= 15 is 0 Å². The lowest BCUT2D eigenvalue weighted by atomic mass is 9.96. The summed E-state index contributed by atoms with van der Waals surface area (Å²) in [6.45, 7) is 4.91. The number of para-hydroxylation sites is 1. The zero-order chi connectivity index (χ0) is 15.1. The summed E-state index contributed by atoms with van der Waals surface area (Å²) in [6, 6.07) is 17.3. The molecule has 0 amide bonds. The quantitative estimate of drug-likeness (QED) is 0.816. The Morgan fingerprint density at radius 1 is 1.00 bits per heavy atom. The largest absolute Gasteiger partial charge is 0.494 e. The zero-order valence-electron chi connectivity index (χ0n) is 13.2. The maximum absolute atomic E-state index is 5.76. The molecular formula is C19H25NO. The first-order valence-corrected chi connectivity index (χ1v) is 7.78. The van der Waals surface area contributed by atoms with E-state index in [-0.39, 0.29) is 6.04 Å². The van der Waals surface area contributed by atoms with Crippen molar-refractivity contribution >= 4 is 0 Å². The Kier molecular flexibility index (Phi) is 5.82. The number of hydrogen-bond acceptors (Lipinski definition) is 2. The molecule has 2 aromatic rings. The van der Waals surface area contributed by atoms with Crippen molar-refractivity contribution in [2.45, 2.75) is 32.7 Å². The average Bonchev–Trinajstić information content (AvgIpc) is 2.52. The topological polar surface area (TPSA) is 21.3 Å². The van der Waals surface area contributed by atoms with Crippen LogP contribution in [-0.2, 0) is 6.42 Å². The Bertz CT molecular complexity index is 548. The fourth-order valence-corrected chi connectivity index (χ4v) is 2.67. The summed E-state index contributed by atoms with van der Waals surface area (Å²) in [5.41, 5.74) is 3.85. The molecule has 2 heteroatoms. The number of hydrogen-bond donors (Lipinski definition) is 1. The summed E-state index contributed by atoms with van der Waals surface area (Å²) < 4.78 is 5.76. The highest BCUT2D eigenvalue weighted by atomic mass is 16.5. The number of ether oxygens (including phenoxy) is 1. The normalized spacial score (nSPS) is 12.1. The number of nitrogens with one attached hydrogen (secondary N) is 1. The van der Waals surface area contributed by atoms with Gasteiger partial charge in [-0.25, -0.2) is 0 Å². The van der Waals surface area contributed by atoms with Crippen LogP contribution >= 0.6 is 0 Å². The lowest BCUT2D eigenvalue weighted by Crippen LogP contribution is -2.18. The summed E-state index contributed by atoms with van der Waals surface area (Å²) >= 11 is 0. The van der Waals surface area contributed by atoms with E-state index < -0.39 is 0 Å². The molecule has 0 aliphatic carbocycles. The Labute approximate surface area is 128 Å². The van der Waals surface area contributed by atoms with E-state index in [1.165, 1.54) is 23.1 Å². The molecule has 112 valence electrons. The van der Waals surface area contributed by atoms with E-state index in [0.29, 0.717) is 6.61 Å². The fourth-order valence-electron chi connectivity index (χ4n) is 2.67. The maximum atomic E-state index is 5.76. The molecule has 0 heterocycles. The van der Waals surface area contributed by atoms with Gasteiger partial charge in [0.2, 0.25) is 0 Å². The van der Waals surface area contributed by atoms with E-state index in [1.54, 1.807) is 0 Å². The van der Waals surface area contributed by atoms with Crippen molar-refractivity contribution in [1.29, 1.82) is 0 Å². The monoisotopic (exact) mass is 283 g/mol. The van der Waals surface area contributed by atoms with Gasteiger partial charge in [-0.2, -0.15) is 0 Å². The Balaban J connectivity index is 2.30. The van der Waals surface area contributed by atoms with Crippen LogP contribution in [0.25, 0.3) is 0 Å². The fraction of sp³-hybridized carbons (Fsp3) is 0.368. The second-order valence-corrected chi connectivity index (χ2v) is 5.18. The molecule has 2 aromatic carbocycles. The summed E-state index contributed by atoms with van der Waals surface area (Å²) in [5, 5.41) is 3.40. The van der Waals surface area contributed by atoms with Gasteiger partial charge in [0.15, 0.2) is 0 Å². The Morgan fingerprint density at radius 3 is 2.33 bits per heavy atom. The highest BCUT2D eigenvalue weighted by molar-refractivity contribution is 5.42. The standard InChI is InChI=1S/C19H25NO/c1-4-8-15-11-13-16(14-12-15)19(20-3)17-9-6-7-10-18(17)21-5-2/h6-7,9-14,19-20H,4-5,8H2,1-3H3. The molecule has 0 fully saturated rings. The summed E-state index contributed by atoms with van der Waals surface area (Å²) in [6.07, 6.45) is 2.32. The van der Waals surface area contributed by atoms with Crippen LogP contribution < -0.4 is 10.1 Å². The molecule has 0 aliphatic heterocycles. The molecular weight excluding hydrogens is 258 g/mol. The highest BCUT2D eigenvalue weighted by Gasteiger charge is 2.16. The van der Waals surface area contributed by atoms with Gasteiger partial charge in [-0.1, -0.05) is 55.8 Å². The molecule has 0 bridgehead atoms. The van der Waals surface area contributed by atoms with Crippen molar-refractivity contribution in [2.75, 3.05) is 13.7 Å². The number of aryl methyl sites for hydroxylation is 1. The van der Waals surface area contributed by atoms with Crippen LogP contribution in [0, 0.1) is 0 Å². The third-order valence-corrected chi connectivity index (χ3v) is 3.67. The molecule has 0 spiro atoms. The van der Waals surface area contributed by atoms with Gasteiger partial charge in [-0.3, -0.25) is 0 Å². The van der Waals surface area contributed by atoms with Gasteiger partial charge in [0.1, 0.15) is 5.75 Å². The van der Waals surface area contributed by atoms with Gasteiger partial charge in [0.25, 0.3) is 0 Å². The molecule has 2 nitrogen and oxygen atoms in total. The molecule has 2 rings (SSSR count). The summed E-state index contributed by atoms with van der Waals surface area (Å²) in [5.74, 6) is 0.956. The van der Waals surface area contributed by atoms with Crippen molar-refractivity contribution in [1.82, 2.24) is 5.32 Å². The molecule has 0 aromatic heterocycles. The molecule has 1 atom stereocenters. The third kappa shape index (κ3) is 3.85. The van der Waals surface area contributed by atoms with E-state index in [1.807, 2.05) is 26.1 Å². The average molecular weight is 283 g/mol. The minimum Gasteiger partial charge on any atom is -0.494 e. The first-order valence-electron chi connectivity index (χ1n) is 7.78. The molecule has 21 heavy (non-hydrogen) atoms. The van der Waals surface area contributed by atoms with Gasteiger partial charge >= 0.3 is 0 Å². The first kappa shape index (κ1) is 15.6. The molecule has 0 saturated heterocycles. The smallest absolute Gasteiger partial charge is 0.124 e. The van der Waals surface area contributed by atoms with Gasteiger partial charge in [0, 0.05) is 5.56 Å². The third-order valence-electron chi connectivity index (χ3n) is 3.67. The second kappa shape index (κ2) is 7.84. The molecule has 0 radical (unpaired) electrons. The van der Waals surface area contributed by atoms with E-state index in [9.17, 15) is 0 Å². The maximum Gasteiger partial charge on any atom is 0.124 e. The van der Waals surface area contributed by atoms with Crippen LogP contribution in [-0.4, -0.2) is 13.7 Å². The van der Waals surface area contributed by atoms with E-state index in [4.69, 9.17) is 4.74 Å². The number of benzene rings is 2. The van der Waals surface area contributed by atoms with Crippen molar-refractivity contribution in [2.24, 2.45) is 0 Å². The Hall–Kier alpha value is -1.80. The summed E-state index contributed by atoms with van der Waals surface area (Å²) in [7, 11) is 1.99. The van der Waals surface area contributed by atoms with E-state index in [0.717, 1.165) is 12.2 Å². The highest BCUT2D eigenvalue weighted by Crippen LogP contribution is 2.30. The zero-order valence-corrected chi connectivity index (χ0v) is 13.2. The van der Waals surface area contributed by atoms with Gasteiger partial charge in [0.05, 0.1) is 12.6 Å². The van der Waals surface area contributed by atoms with Crippen LogP contribution in [0.1, 0.15) is 43.0 Å². The SMILES string of the molecule is CCCc1ccc(C(NC)c2ccccc2OCC)cc1. The van der Waals surface area contributed by atoms with Crippen LogP contribution in [0.3, 0.4) is 0 Å². The molecule has 1 N–H and O–H groups in total. The number of rotatable bonds is 7. The molecule has 1 unspecified atom stereocenters.